The second-order valence-corrected chi connectivity index (χ2v) is 21.2. The molecule has 0 aliphatic carbocycles. The monoisotopic (exact) mass is 267 g/mol. The van der Waals surface area contributed by atoms with Gasteiger partial charge in [-0.1, -0.05) is 43.4 Å². The molecule has 0 saturated carbocycles. The van der Waals surface area contributed by atoms with Crippen molar-refractivity contribution in [1.82, 2.24) is 0 Å². The van der Waals surface area contributed by atoms with Crippen LogP contribution in [0.5, 0.6) is 0 Å². The van der Waals surface area contributed by atoms with Gasteiger partial charge >= 0.3 is 0 Å². The first-order valence-electron chi connectivity index (χ1n) is 5.82. The lowest BCUT2D eigenvalue weighted by atomic mass is 10.4. The van der Waals surface area contributed by atoms with Gasteiger partial charge in [-0.3, -0.25) is 0 Å². The predicted molar refractivity (Wildman–Crippen MR) is 79.6 cm³/mol. The van der Waals surface area contributed by atoms with E-state index in [-0.39, 0.29) is 0 Å². The highest BCUT2D eigenvalue weighted by molar-refractivity contribution is 7.36. The Morgan fingerprint density at radius 2 is 1.44 bits per heavy atom. The largest absolute Gasteiger partial charge is 0.454 e. The van der Waals surface area contributed by atoms with Crippen molar-refractivity contribution >= 4 is 29.7 Å². The van der Waals surface area contributed by atoms with Crippen LogP contribution in [0.3, 0.4) is 0 Å². The maximum absolute atomic E-state index is 6.60. The van der Waals surface area contributed by atoms with Gasteiger partial charge in [-0.15, -0.1) is 0 Å². The van der Waals surface area contributed by atoms with Gasteiger partial charge in [0.15, 0.2) is 16.2 Å². The first-order valence-corrected chi connectivity index (χ1v) is 15.1. The minimum Gasteiger partial charge on any atom is -0.454 e. The van der Waals surface area contributed by atoms with Gasteiger partial charge in [0.2, 0.25) is 0 Å². The van der Waals surface area contributed by atoms with Crippen molar-refractivity contribution in [3.05, 3.63) is 30.3 Å². The summed E-state index contributed by atoms with van der Waals surface area (Å²) < 4.78 is 6.60. The number of rotatable bonds is 4. The molecule has 0 fully saturated rings. The molecular formula is C12H23OSi3. The highest BCUT2D eigenvalue weighted by Crippen LogP contribution is 2.17. The molecule has 0 heterocycles. The molecule has 0 aromatic heterocycles. The molecule has 0 aliphatic rings. The molecule has 1 aromatic rings. The fourth-order valence-corrected chi connectivity index (χ4v) is 16.2. The summed E-state index contributed by atoms with van der Waals surface area (Å²) in [5, 5.41) is 1.47. The molecule has 0 bridgehead atoms. The summed E-state index contributed by atoms with van der Waals surface area (Å²) in [6.45, 7) is 14.1. The molecule has 0 aliphatic heterocycles. The van der Waals surface area contributed by atoms with Crippen LogP contribution in [0.4, 0.5) is 0 Å². The Morgan fingerprint density at radius 3 is 1.81 bits per heavy atom. The lowest BCUT2D eigenvalue weighted by Crippen LogP contribution is -2.62. The van der Waals surface area contributed by atoms with Crippen LogP contribution in [0.15, 0.2) is 30.3 Å². The molecule has 0 amide bonds. The lowest BCUT2D eigenvalue weighted by Gasteiger charge is -2.37. The number of benzene rings is 1. The van der Waals surface area contributed by atoms with Crippen LogP contribution >= 0.6 is 0 Å². The topological polar surface area (TPSA) is 9.23 Å². The molecule has 4 heteroatoms. The van der Waals surface area contributed by atoms with Crippen LogP contribution in [-0.4, -0.2) is 24.5 Å². The third kappa shape index (κ3) is 3.41. The van der Waals surface area contributed by atoms with Gasteiger partial charge in [-0.2, -0.15) is 0 Å². The molecular weight excluding hydrogens is 244 g/mol. The summed E-state index contributed by atoms with van der Waals surface area (Å²) in [4.78, 5) is 0. The van der Waals surface area contributed by atoms with E-state index in [2.05, 4.69) is 69.6 Å². The Hall–Kier alpha value is -0.169. The summed E-state index contributed by atoms with van der Waals surface area (Å²) in [5.74, 6) is 0. The van der Waals surface area contributed by atoms with E-state index in [1.54, 1.807) is 0 Å². The predicted octanol–water partition coefficient (Wildman–Crippen LogP) is 3.15. The highest BCUT2D eigenvalue weighted by atomic mass is 29.2. The summed E-state index contributed by atoms with van der Waals surface area (Å²) in [7, 11) is -3.53. The minimum absolute atomic E-state index is 0.405. The Morgan fingerprint density at radius 1 is 0.938 bits per heavy atom. The Balaban J connectivity index is 3.08. The Labute approximate surface area is 104 Å². The summed E-state index contributed by atoms with van der Waals surface area (Å²) in [6, 6.07) is 10.9. The molecule has 1 rings (SSSR count). The van der Waals surface area contributed by atoms with Gasteiger partial charge in [0.1, 0.15) is 0 Å². The minimum atomic E-state index is -1.67. The average molecular weight is 268 g/mol. The first kappa shape index (κ1) is 13.9. The van der Waals surface area contributed by atoms with E-state index in [4.69, 9.17) is 4.12 Å². The van der Waals surface area contributed by atoms with Gasteiger partial charge in [0.05, 0.1) is 8.31 Å². The molecule has 0 spiro atoms. The zero-order valence-corrected chi connectivity index (χ0v) is 14.3. The van der Waals surface area contributed by atoms with E-state index in [0.29, 0.717) is 0 Å². The van der Waals surface area contributed by atoms with Crippen molar-refractivity contribution in [2.24, 2.45) is 0 Å². The van der Waals surface area contributed by atoms with E-state index in [9.17, 15) is 0 Å². The Bertz CT molecular complexity index is 332. The van der Waals surface area contributed by atoms with E-state index in [1.807, 2.05) is 0 Å². The second-order valence-electron chi connectivity index (χ2n) is 5.61. The van der Waals surface area contributed by atoms with Gasteiger partial charge in [0.25, 0.3) is 0 Å². The first-order chi connectivity index (χ1) is 7.26. The highest BCUT2D eigenvalue weighted by Gasteiger charge is 2.39. The van der Waals surface area contributed by atoms with Crippen molar-refractivity contribution < 1.29 is 4.12 Å². The van der Waals surface area contributed by atoms with Crippen LogP contribution < -0.4 is 5.19 Å². The number of hydrogen-bond acceptors (Lipinski definition) is 1. The normalized spacial score (nSPS) is 16.2. The zero-order valence-electron chi connectivity index (χ0n) is 11.3. The van der Waals surface area contributed by atoms with Crippen LogP contribution in [0.25, 0.3) is 0 Å². The van der Waals surface area contributed by atoms with Crippen molar-refractivity contribution in [2.45, 2.75) is 39.3 Å². The number of hydrogen-bond donors (Lipinski definition) is 0. The third-order valence-electron chi connectivity index (χ3n) is 2.79. The van der Waals surface area contributed by atoms with Crippen molar-refractivity contribution in [3.63, 3.8) is 0 Å². The SMILES string of the molecule is C[Si](C)[Si](C)(O[Si](C)(C)C)c1ccccc1. The molecule has 1 atom stereocenters. The van der Waals surface area contributed by atoms with Crippen LogP contribution in [0.1, 0.15) is 0 Å². The second kappa shape index (κ2) is 5.00. The van der Waals surface area contributed by atoms with E-state index >= 15 is 0 Å². The van der Waals surface area contributed by atoms with Crippen molar-refractivity contribution in [1.29, 1.82) is 0 Å². The van der Waals surface area contributed by atoms with E-state index in [0.717, 1.165) is 0 Å². The molecule has 0 N–H and O–H groups in total. The molecule has 1 nitrogen and oxygen atoms in total. The fraction of sp³-hybridized carbons (Fsp3) is 0.500. The maximum atomic E-state index is 6.60. The van der Waals surface area contributed by atoms with Gasteiger partial charge in [-0.25, -0.2) is 0 Å². The summed E-state index contributed by atoms with van der Waals surface area (Å²) in [6.07, 6.45) is 0. The molecule has 16 heavy (non-hydrogen) atoms. The molecule has 0 saturated heterocycles. The average Bonchev–Trinajstić information content (AvgIpc) is 2.16. The fourth-order valence-electron chi connectivity index (χ4n) is 1.82. The molecule has 1 aromatic carbocycles. The van der Waals surface area contributed by atoms with Crippen LogP contribution in [0.2, 0.25) is 39.3 Å². The van der Waals surface area contributed by atoms with Crippen molar-refractivity contribution in [3.8, 4) is 0 Å². The zero-order chi connectivity index (χ0) is 12.4. The van der Waals surface area contributed by atoms with Crippen LogP contribution in [-0.2, 0) is 4.12 Å². The molecule has 1 unspecified atom stereocenters. The lowest BCUT2D eigenvalue weighted by molar-refractivity contribution is 0.578. The van der Waals surface area contributed by atoms with E-state index in [1.165, 1.54) is 5.19 Å². The molecule has 1 radical (unpaired) electrons. The summed E-state index contributed by atoms with van der Waals surface area (Å²) in [5.41, 5.74) is 0. The standard InChI is InChI=1S/C12H23OSi3/c1-14(2)16(6,13-15(3,4)5)12-10-8-7-9-11-12/h7-11H,1-6H3. The van der Waals surface area contributed by atoms with Crippen molar-refractivity contribution in [2.75, 3.05) is 0 Å². The summed E-state index contributed by atoms with van der Waals surface area (Å²) >= 11 is 0. The van der Waals surface area contributed by atoms with Gasteiger partial charge in [0, 0.05) is 0 Å². The van der Waals surface area contributed by atoms with Gasteiger partial charge in [-0.05, 0) is 31.4 Å². The third-order valence-corrected chi connectivity index (χ3v) is 17.7. The van der Waals surface area contributed by atoms with Gasteiger partial charge < -0.3 is 4.12 Å². The maximum Gasteiger partial charge on any atom is 0.191 e. The Kier molecular flexibility index (Phi) is 4.34. The quantitative estimate of drug-likeness (QED) is 0.762. The van der Waals surface area contributed by atoms with E-state index < -0.39 is 24.5 Å². The molecule has 89 valence electrons. The smallest absolute Gasteiger partial charge is 0.191 e. The van der Waals surface area contributed by atoms with Crippen LogP contribution in [0, 0.1) is 0 Å².